The SMILES string of the molecule is CC(N)=CC(=NCc1ccccc1F)c1nccs1. The highest BCUT2D eigenvalue weighted by atomic mass is 32.1. The molecule has 2 aromatic rings. The van der Waals surface area contributed by atoms with E-state index in [9.17, 15) is 4.39 Å². The third-order valence-electron chi connectivity index (χ3n) is 2.39. The summed E-state index contributed by atoms with van der Waals surface area (Å²) in [7, 11) is 0. The van der Waals surface area contributed by atoms with Crippen LogP contribution < -0.4 is 5.73 Å². The van der Waals surface area contributed by atoms with Gasteiger partial charge in [0.2, 0.25) is 0 Å². The topological polar surface area (TPSA) is 51.3 Å². The van der Waals surface area contributed by atoms with E-state index in [1.54, 1.807) is 37.4 Å². The number of rotatable bonds is 4. The maximum atomic E-state index is 13.5. The third kappa shape index (κ3) is 3.72. The first-order chi connectivity index (χ1) is 9.16. The second-order valence-electron chi connectivity index (χ2n) is 4.02. The predicted molar refractivity (Wildman–Crippen MR) is 76.7 cm³/mol. The molecule has 1 heterocycles. The van der Waals surface area contributed by atoms with Crippen LogP contribution in [0.3, 0.4) is 0 Å². The van der Waals surface area contributed by atoms with Gasteiger partial charge in [-0.25, -0.2) is 9.37 Å². The van der Waals surface area contributed by atoms with E-state index < -0.39 is 0 Å². The number of halogens is 1. The predicted octanol–water partition coefficient (Wildman–Crippen LogP) is 3.13. The number of aromatic nitrogens is 1. The van der Waals surface area contributed by atoms with E-state index >= 15 is 0 Å². The summed E-state index contributed by atoms with van der Waals surface area (Å²) in [5.74, 6) is -0.252. The summed E-state index contributed by atoms with van der Waals surface area (Å²) in [6.07, 6.45) is 3.46. The van der Waals surface area contributed by atoms with Crippen LogP contribution in [-0.2, 0) is 6.54 Å². The van der Waals surface area contributed by atoms with Crippen molar-refractivity contribution in [2.75, 3.05) is 0 Å². The van der Waals surface area contributed by atoms with E-state index in [0.29, 0.717) is 17.0 Å². The zero-order chi connectivity index (χ0) is 13.7. The van der Waals surface area contributed by atoms with Gasteiger partial charge in [0.15, 0.2) is 0 Å². The quantitative estimate of drug-likeness (QED) is 0.871. The van der Waals surface area contributed by atoms with E-state index in [1.807, 2.05) is 5.38 Å². The molecule has 0 amide bonds. The first kappa shape index (κ1) is 13.4. The molecule has 0 saturated heterocycles. The zero-order valence-electron chi connectivity index (χ0n) is 10.5. The minimum Gasteiger partial charge on any atom is -0.402 e. The highest BCUT2D eigenvalue weighted by Gasteiger charge is 2.05. The molecular formula is C14H14FN3S. The number of nitrogens with two attached hydrogens (primary N) is 1. The number of benzene rings is 1. The second-order valence-corrected chi connectivity index (χ2v) is 4.91. The summed E-state index contributed by atoms with van der Waals surface area (Å²) in [5, 5.41) is 2.65. The molecule has 5 heteroatoms. The van der Waals surface area contributed by atoms with Crippen LogP contribution in [0.25, 0.3) is 0 Å². The van der Waals surface area contributed by atoms with Gasteiger partial charge < -0.3 is 5.73 Å². The van der Waals surface area contributed by atoms with Gasteiger partial charge in [0.1, 0.15) is 10.8 Å². The van der Waals surface area contributed by atoms with Crippen LogP contribution in [0.2, 0.25) is 0 Å². The van der Waals surface area contributed by atoms with Gasteiger partial charge in [0, 0.05) is 22.8 Å². The normalized spacial score (nSPS) is 12.7. The molecule has 0 aliphatic carbocycles. The Kier molecular flexibility index (Phi) is 4.41. The molecule has 98 valence electrons. The van der Waals surface area contributed by atoms with Gasteiger partial charge in [-0.1, -0.05) is 18.2 Å². The van der Waals surface area contributed by atoms with Gasteiger partial charge in [0.25, 0.3) is 0 Å². The summed E-state index contributed by atoms with van der Waals surface area (Å²) in [6, 6.07) is 6.60. The average molecular weight is 275 g/mol. The van der Waals surface area contributed by atoms with Gasteiger partial charge in [-0.15, -0.1) is 11.3 Å². The van der Waals surface area contributed by atoms with Gasteiger partial charge in [-0.2, -0.15) is 0 Å². The molecule has 1 aromatic carbocycles. The van der Waals surface area contributed by atoms with Crippen molar-refractivity contribution in [2.24, 2.45) is 10.7 Å². The molecule has 0 bridgehead atoms. The van der Waals surface area contributed by atoms with Crippen molar-refractivity contribution in [3.8, 4) is 0 Å². The smallest absolute Gasteiger partial charge is 0.141 e. The zero-order valence-corrected chi connectivity index (χ0v) is 11.3. The van der Waals surface area contributed by atoms with Crippen LogP contribution in [0.4, 0.5) is 4.39 Å². The van der Waals surface area contributed by atoms with Gasteiger partial charge in [0.05, 0.1) is 12.3 Å². The Morgan fingerprint density at radius 1 is 1.47 bits per heavy atom. The van der Waals surface area contributed by atoms with E-state index in [-0.39, 0.29) is 12.4 Å². The average Bonchev–Trinajstić information content (AvgIpc) is 2.89. The first-order valence-electron chi connectivity index (χ1n) is 5.78. The summed E-state index contributed by atoms with van der Waals surface area (Å²) in [4.78, 5) is 8.60. The highest BCUT2D eigenvalue weighted by molar-refractivity contribution is 7.11. The van der Waals surface area contributed by atoms with Crippen LogP contribution in [0.5, 0.6) is 0 Å². The van der Waals surface area contributed by atoms with E-state index in [4.69, 9.17) is 5.73 Å². The summed E-state index contributed by atoms with van der Waals surface area (Å²) < 4.78 is 13.5. The Morgan fingerprint density at radius 3 is 2.89 bits per heavy atom. The molecule has 2 N–H and O–H groups in total. The number of aliphatic imine (C=N–C) groups is 1. The molecule has 0 atom stereocenters. The molecule has 1 aromatic heterocycles. The van der Waals surface area contributed by atoms with Crippen LogP contribution in [0.15, 0.2) is 52.6 Å². The standard InChI is InChI=1S/C14H14FN3S/c1-10(16)8-13(14-17-6-7-19-14)18-9-11-4-2-3-5-12(11)15/h2-8H,9,16H2,1H3. The Labute approximate surface area is 115 Å². The number of hydrogen-bond donors (Lipinski definition) is 1. The second kappa shape index (κ2) is 6.24. The Balaban J connectivity index is 2.27. The molecule has 0 spiro atoms. The fraction of sp³-hybridized carbons (Fsp3) is 0.143. The molecule has 0 aliphatic rings. The molecule has 0 aliphatic heterocycles. The molecule has 0 radical (unpaired) electrons. The first-order valence-corrected chi connectivity index (χ1v) is 6.66. The largest absolute Gasteiger partial charge is 0.402 e. The lowest BCUT2D eigenvalue weighted by Crippen LogP contribution is -2.02. The molecule has 2 rings (SSSR count). The van der Waals surface area contributed by atoms with E-state index in [0.717, 1.165) is 5.01 Å². The van der Waals surface area contributed by atoms with Crippen molar-refractivity contribution in [3.63, 3.8) is 0 Å². The lowest BCUT2D eigenvalue weighted by molar-refractivity contribution is 0.611. The van der Waals surface area contributed by atoms with Crippen LogP contribution in [0, 0.1) is 5.82 Å². The Bertz CT molecular complexity index is 599. The van der Waals surface area contributed by atoms with Crippen molar-refractivity contribution in [1.29, 1.82) is 0 Å². The number of thiazole rings is 1. The fourth-order valence-electron chi connectivity index (χ4n) is 1.54. The van der Waals surface area contributed by atoms with Crippen molar-refractivity contribution in [2.45, 2.75) is 13.5 Å². The maximum absolute atomic E-state index is 13.5. The van der Waals surface area contributed by atoms with Crippen molar-refractivity contribution in [1.82, 2.24) is 4.98 Å². The highest BCUT2D eigenvalue weighted by Crippen LogP contribution is 2.12. The minimum atomic E-state index is -0.252. The van der Waals surface area contributed by atoms with Gasteiger partial charge >= 0.3 is 0 Å². The summed E-state index contributed by atoms with van der Waals surface area (Å²) in [5.41, 5.74) is 7.56. The van der Waals surface area contributed by atoms with Gasteiger partial charge in [-0.05, 0) is 19.1 Å². The van der Waals surface area contributed by atoms with E-state index in [2.05, 4.69) is 9.98 Å². The number of nitrogens with zero attached hydrogens (tertiary/aromatic N) is 2. The molecular weight excluding hydrogens is 261 g/mol. The summed E-state index contributed by atoms with van der Waals surface area (Å²) in [6.45, 7) is 2.05. The molecule has 3 nitrogen and oxygen atoms in total. The molecule has 0 unspecified atom stereocenters. The minimum absolute atomic E-state index is 0.252. The van der Waals surface area contributed by atoms with Crippen molar-refractivity contribution < 1.29 is 4.39 Å². The maximum Gasteiger partial charge on any atom is 0.141 e. The van der Waals surface area contributed by atoms with Crippen LogP contribution >= 0.6 is 11.3 Å². The van der Waals surface area contributed by atoms with Crippen molar-refractivity contribution in [3.05, 3.63) is 64.0 Å². The Hall–Kier alpha value is -2.01. The monoisotopic (exact) mass is 275 g/mol. The van der Waals surface area contributed by atoms with Gasteiger partial charge in [-0.3, -0.25) is 4.99 Å². The van der Waals surface area contributed by atoms with Crippen LogP contribution in [0.1, 0.15) is 17.5 Å². The molecule has 0 fully saturated rings. The number of hydrogen-bond acceptors (Lipinski definition) is 4. The molecule has 19 heavy (non-hydrogen) atoms. The third-order valence-corrected chi connectivity index (χ3v) is 3.19. The van der Waals surface area contributed by atoms with Crippen molar-refractivity contribution >= 4 is 17.0 Å². The lowest BCUT2D eigenvalue weighted by atomic mass is 10.2. The molecule has 0 saturated carbocycles. The Morgan fingerprint density at radius 2 is 2.26 bits per heavy atom. The van der Waals surface area contributed by atoms with E-state index in [1.165, 1.54) is 17.4 Å². The van der Waals surface area contributed by atoms with Crippen LogP contribution in [-0.4, -0.2) is 10.7 Å². The fourth-order valence-corrected chi connectivity index (χ4v) is 2.15. The summed E-state index contributed by atoms with van der Waals surface area (Å²) >= 11 is 1.48. The lowest BCUT2D eigenvalue weighted by Gasteiger charge is -2.01. The number of allylic oxidation sites excluding steroid dienone is 2.